The van der Waals surface area contributed by atoms with Crippen LogP contribution in [0.25, 0.3) is 0 Å². The van der Waals surface area contributed by atoms with Gasteiger partial charge in [-0.15, -0.1) is 0 Å². The van der Waals surface area contributed by atoms with Crippen molar-refractivity contribution < 1.29 is 9.59 Å². The summed E-state index contributed by atoms with van der Waals surface area (Å²) in [6.45, 7) is 2.99. The highest BCUT2D eigenvalue weighted by Gasteiger charge is 2.48. The molecular weight excluding hydrogens is 360 g/mol. The second kappa shape index (κ2) is 9.26. The molecule has 2 unspecified atom stereocenters. The first-order valence-corrected chi connectivity index (χ1v) is 10.7. The van der Waals surface area contributed by atoms with E-state index in [9.17, 15) is 9.59 Å². The standard InChI is InChI=1S/C20H28N4O2S/c1-3-4-5-9-13-24-16-17(23(2)19(26)22-18(16)25)21-20(24)27-14-12-15-10-7-6-8-11-15/h6-8,10-11,16-17H,3-5,9,12-14H2,1-2H3,(H,22,25,26). The molecule has 1 fully saturated rings. The zero-order chi connectivity index (χ0) is 19.2. The number of fused-ring (bicyclic) bond motifs is 1. The van der Waals surface area contributed by atoms with Crippen molar-refractivity contribution in [1.29, 1.82) is 0 Å². The molecule has 1 N–H and O–H groups in total. The highest BCUT2D eigenvalue weighted by molar-refractivity contribution is 8.13. The van der Waals surface area contributed by atoms with Crippen LogP contribution in [-0.4, -0.2) is 58.5 Å². The van der Waals surface area contributed by atoms with E-state index in [1.807, 2.05) is 18.2 Å². The molecule has 3 rings (SSSR count). The number of urea groups is 1. The number of carbonyl (C=O) groups is 2. The lowest BCUT2D eigenvalue weighted by molar-refractivity contribution is -0.127. The molecule has 146 valence electrons. The summed E-state index contributed by atoms with van der Waals surface area (Å²) in [5, 5.41) is 3.34. The third-order valence-corrected chi connectivity index (χ3v) is 6.05. The van der Waals surface area contributed by atoms with E-state index in [0.29, 0.717) is 0 Å². The lowest BCUT2D eigenvalue weighted by Crippen LogP contribution is -2.63. The Morgan fingerprint density at radius 2 is 1.93 bits per heavy atom. The van der Waals surface area contributed by atoms with Gasteiger partial charge < -0.3 is 9.80 Å². The maximum atomic E-state index is 12.5. The molecule has 1 saturated heterocycles. The SMILES string of the molecule is CCCCCCN1C(SCCc2ccccc2)=NC2C1C(=O)NC(=O)N2C. The quantitative estimate of drug-likeness (QED) is 0.695. The molecule has 0 aliphatic carbocycles. The summed E-state index contributed by atoms with van der Waals surface area (Å²) >= 11 is 1.68. The van der Waals surface area contributed by atoms with Gasteiger partial charge in [0.25, 0.3) is 5.91 Å². The van der Waals surface area contributed by atoms with Gasteiger partial charge in [-0.1, -0.05) is 68.3 Å². The van der Waals surface area contributed by atoms with Crippen LogP contribution < -0.4 is 5.32 Å². The van der Waals surface area contributed by atoms with Gasteiger partial charge in [-0.05, 0) is 18.4 Å². The van der Waals surface area contributed by atoms with Crippen LogP contribution in [0.15, 0.2) is 35.3 Å². The number of nitrogens with zero attached hydrogens (tertiary/aromatic N) is 3. The van der Waals surface area contributed by atoms with Crippen LogP contribution in [0.1, 0.15) is 38.2 Å². The molecule has 27 heavy (non-hydrogen) atoms. The molecule has 0 saturated carbocycles. The molecule has 7 heteroatoms. The Labute approximate surface area is 165 Å². The van der Waals surface area contributed by atoms with E-state index in [1.54, 1.807) is 18.8 Å². The topological polar surface area (TPSA) is 65.0 Å². The largest absolute Gasteiger partial charge is 0.336 e. The molecule has 0 radical (unpaired) electrons. The fourth-order valence-corrected chi connectivity index (χ4v) is 4.54. The monoisotopic (exact) mass is 388 g/mol. The average Bonchev–Trinajstić information content (AvgIpc) is 3.03. The van der Waals surface area contributed by atoms with Crippen molar-refractivity contribution in [2.24, 2.45) is 4.99 Å². The summed E-state index contributed by atoms with van der Waals surface area (Å²) in [5.41, 5.74) is 1.29. The fourth-order valence-electron chi connectivity index (χ4n) is 3.47. The van der Waals surface area contributed by atoms with Gasteiger partial charge >= 0.3 is 6.03 Å². The lowest BCUT2D eigenvalue weighted by Gasteiger charge is -2.36. The molecule has 3 amide bonds. The summed E-state index contributed by atoms with van der Waals surface area (Å²) in [6, 6.07) is 9.59. The number of rotatable bonds is 8. The van der Waals surface area contributed by atoms with E-state index in [4.69, 9.17) is 4.99 Å². The summed E-state index contributed by atoms with van der Waals surface area (Å²) in [5.74, 6) is 0.661. The van der Waals surface area contributed by atoms with Gasteiger partial charge in [0.2, 0.25) is 0 Å². The van der Waals surface area contributed by atoms with Gasteiger partial charge in [-0.3, -0.25) is 10.1 Å². The Morgan fingerprint density at radius 3 is 2.67 bits per heavy atom. The molecule has 2 atom stereocenters. The Kier molecular flexibility index (Phi) is 6.77. The number of imide groups is 1. The number of benzene rings is 1. The van der Waals surface area contributed by atoms with Crippen LogP contribution in [0.4, 0.5) is 4.79 Å². The molecular formula is C20H28N4O2S. The first kappa shape index (κ1) is 19.7. The highest BCUT2D eigenvalue weighted by Crippen LogP contribution is 2.29. The number of hydrogen-bond donors (Lipinski definition) is 1. The Bertz CT molecular complexity index is 694. The van der Waals surface area contributed by atoms with Gasteiger partial charge in [0.15, 0.2) is 17.4 Å². The summed E-state index contributed by atoms with van der Waals surface area (Å²) in [7, 11) is 1.70. The van der Waals surface area contributed by atoms with Crippen molar-refractivity contribution in [2.75, 3.05) is 19.3 Å². The van der Waals surface area contributed by atoms with Crippen LogP contribution >= 0.6 is 11.8 Å². The van der Waals surface area contributed by atoms with Crippen molar-refractivity contribution in [2.45, 2.75) is 51.2 Å². The number of thioether (sulfide) groups is 1. The third-order valence-electron chi connectivity index (χ3n) is 5.04. The molecule has 1 aromatic carbocycles. The van der Waals surface area contributed by atoms with Gasteiger partial charge in [0, 0.05) is 19.3 Å². The molecule has 2 aliphatic heterocycles. The summed E-state index contributed by atoms with van der Waals surface area (Å²) in [4.78, 5) is 32.8. The first-order valence-electron chi connectivity index (χ1n) is 9.70. The van der Waals surface area contributed by atoms with Crippen LogP contribution in [0.5, 0.6) is 0 Å². The van der Waals surface area contributed by atoms with Crippen LogP contribution in [0, 0.1) is 0 Å². The second-order valence-electron chi connectivity index (χ2n) is 7.01. The predicted octanol–water partition coefficient (Wildman–Crippen LogP) is 3.09. The number of hydrogen-bond acceptors (Lipinski definition) is 5. The zero-order valence-electron chi connectivity index (χ0n) is 16.1. The van der Waals surface area contributed by atoms with Gasteiger partial charge in [0.1, 0.15) is 0 Å². The van der Waals surface area contributed by atoms with E-state index in [2.05, 4.69) is 29.3 Å². The van der Waals surface area contributed by atoms with Crippen molar-refractivity contribution in [3.05, 3.63) is 35.9 Å². The number of nitrogens with one attached hydrogen (secondary N) is 1. The molecule has 0 aromatic heterocycles. The minimum atomic E-state index is -0.420. The minimum absolute atomic E-state index is 0.235. The summed E-state index contributed by atoms with van der Waals surface area (Å²) in [6.07, 6.45) is 5.07. The Hall–Kier alpha value is -2.02. The average molecular weight is 389 g/mol. The van der Waals surface area contributed by atoms with Crippen LogP contribution in [0.3, 0.4) is 0 Å². The van der Waals surface area contributed by atoms with E-state index >= 15 is 0 Å². The molecule has 0 spiro atoms. The van der Waals surface area contributed by atoms with Gasteiger partial charge in [-0.25, -0.2) is 9.79 Å². The number of aryl methyl sites for hydroxylation is 1. The number of amides is 3. The highest BCUT2D eigenvalue weighted by atomic mass is 32.2. The van der Waals surface area contributed by atoms with E-state index < -0.39 is 12.2 Å². The lowest BCUT2D eigenvalue weighted by atomic mass is 10.1. The number of unbranched alkanes of at least 4 members (excludes halogenated alkanes) is 3. The summed E-state index contributed by atoms with van der Waals surface area (Å²) < 4.78 is 0. The Morgan fingerprint density at radius 1 is 1.15 bits per heavy atom. The third kappa shape index (κ3) is 4.64. The van der Waals surface area contributed by atoms with E-state index in [-0.39, 0.29) is 11.9 Å². The van der Waals surface area contributed by atoms with Crippen molar-refractivity contribution in [1.82, 2.24) is 15.1 Å². The number of carbonyl (C=O) groups excluding carboxylic acids is 2. The molecule has 2 heterocycles. The predicted molar refractivity (Wildman–Crippen MR) is 110 cm³/mol. The van der Waals surface area contributed by atoms with Crippen LogP contribution in [-0.2, 0) is 11.2 Å². The zero-order valence-corrected chi connectivity index (χ0v) is 16.9. The molecule has 2 aliphatic rings. The maximum Gasteiger partial charge on any atom is 0.325 e. The molecule has 0 bridgehead atoms. The van der Waals surface area contributed by atoms with E-state index in [0.717, 1.165) is 36.7 Å². The van der Waals surface area contributed by atoms with Crippen molar-refractivity contribution >= 4 is 28.9 Å². The number of amidine groups is 1. The molecule has 6 nitrogen and oxygen atoms in total. The molecule has 1 aromatic rings. The normalized spacial score (nSPS) is 21.9. The van der Waals surface area contributed by atoms with Crippen molar-refractivity contribution in [3.63, 3.8) is 0 Å². The second-order valence-corrected chi connectivity index (χ2v) is 8.08. The minimum Gasteiger partial charge on any atom is -0.336 e. The van der Waals surface area contributed by atoms with Crippen molar-refractivity contribution in [3.8, 4) is 0 Å². The smallest absolute Gasteiger partial charge is 0.325 e. The van der Waals surface area contributed by atoms with Gasteiger partial charge in [0.05, 0.1) is 0 Å². The van der Waals surface area contributed by atoms with Gasteiger partial charge in [-0.2, -0.15) is 0 Å². The van der Waals surface area contributed by atoms with E-state index in [1.165, 1.54) is 23.3 Å². The van der Waals surface area contributed by atoms with Crippen LogP contribution in [0.2, 0.25) is 0 Å². The maximum absolute atomic E-state index is 12.5. The Balaban J connectivity index is 1.67. The number of aliphatic imine (C=N–C) groups is 1. The fraction of sp³-hybridized carbons (Fsp3) is 0.550. The number of likely N-dealkylation sites (N-methyl/N-ethyl adjacent to an activating group) is 1. The first-order chi connectivity index (χ1) is 13.1.